The van der Waals surface area contributed by atoms with Crippen LogP contribution >= 0.6 is 0 Å². The maximum atomic E-state index is 12.0. The normalized spacial score (nSPS) is 15.3. The molecule has 0 aromatic carbocycles. The monoisotopic (exact) mass is 222 g/mol. The molecule has 2 atom stereocenters. The summed E-state index contributed by atoms with van der Waals surface area (Å²) in [7, 11) is 1.59. The smallest absolute Gasteiger partial charge is 0.345 e. The van der Waals surface area contributed by atoms with Gasteiger partial charge in [-0.25, -0.2) is 0 Å². The van der Waals surface area contributed by atoms with Crippen molar-refractivity contribution in [1.29, 1.82) is 0 Å². The van der Waals surface area contributed by atoms with E-state index in [0.717, 1.165) is 5.57 Å². The van der Waals surface area contributed by atoms with Crippen molar-refractivity contribution in [2.24, 2.45) is 5.92 Å². The van der Waals surface area contributed by atoms with Crippen molar-refractivity contribution >= 4 is 0 Å². The van der Waals surface area contributed by atoms with Crippen molar-refractivity contribution in [3.8, 4) is 0 Å². The first kappa shape index (κ1) is 14.5. The summed E-state index contributed by atoms with van der Waals surface area (Å²) in [6, 6.07) is 0. The van der Waals surface area contributed by atoms with Crippen LogP contribution in [0.2, 0.25) is 0 Å². The van der Waals surface area contributed by atoms with Gasteiger partial charge in [0.25, 0.3) is 0 Å². The number of methoxy groups -OCH3 is 1. The molecule has 0 radical (unpaired) electrons. The predicted molar refractivity (Wildman–Crippen MR) is 56.0 cm³/mol. The van der Waals surface area contributed by atoms with Gasteiger partial charge in [0, 0.05) is 13.0 Å². The summed E-state index contributed by atoms with van der Waals surface area (Å²) in [5.74, 6) is 0.0821. The van der Waals surface area contributed by atoms with Crippen LogP contribution < -0.4 is 0 Å². The van der Waals surface area contributed by atoms with Crippen molar-refractivity contribution in [3.05, 3.63) is 12.2 Å². The molecule has 0 aromatic heterocycles. The summed E-state index contributed by atoms with van der Waals surface area (Å²) >= 11 is 0. The molecule has 0 aliphatic heterocycles. The molecule has 15 heavy (non-hydrogen) atoms. The largest absolute Gasteiger partial charge is 0.384 e. The number of alkyl halides is 2. The van der Waals surface area contributed by atoms with E-state index in [9.17, 15) is 8.78 Å². The fourth-order valence-corrected chi connectivity index (χ4v) is 1.39. The number of hydrogen-bond acceptors (Lipinski definition) is 2. The standard InChI is InChI=1S/C11H20F2O2/c1-5-10(15-11(12)13)6-9(7-14-4)8(2)3/h9-11H,2,5-7H2,1,3-4H3/t9-,10-/m0/s1. The second-order valence-electron chi connectivity index (χ2n) is 3.66. The molecule has 4 heteroatoms. The molecule has 0 fully saturated rings. The van der Waals surface area contributed by atoms with Crippen LogP contribution in [0.25, 0.3) is 0 Å². The Kier molecular flexibility index (Phi) is 7.52. The average Bonchev–Trinajstić information content (AvgIpc) is 2.14. The van der Waals surface area contributed by atoms with E-state index in [4.69, 9.17) is 4.74 Å². The molecule has 0 aliphatic rings. The average molecular weight is 222 g/mol. The highest BCUT2D eigenvalue weighted by Gasteiger charge is 2.19. The molecule has 0 aliphatic carbocycles. The summed E-state index contributed by atoms with van der Waals surface area (Å²) in [6.07, 6.45) is 0.670. The van der Waals surface area contributed by atoms with Crippen LogP contribution in [-0.2, 0) is 9.47 Å². The Hall–Kier alpha value is -0.480. The number of hydrogen-bond donors (Lipinski definition) is 0. The summed E-state index contributed by atoms with van der Waals surface area (Å²) in [6.45, 7) is 5.31. The summed E-state index contributed by atoms with van der Waals surface area (Å²) in [4.78, 5) is 0. The quantitative estimate of drug-likeness (QED) is 0.587. The lowest BCUT2D eigenvalue weighted by atomic mass is 9.95. The molecule has 0 N–H and O–H groups in total. The van der Waals surface area contributed by atoms with Gasteiger partial charge in [0.2, 0.25) is 0 Å². The highest BCUT2D eigenvalue weighted by molar-refractivity contribution is 4.97. The third-order valence-electron chi connectivity index (χ3n) is 2.36. The molecule has 90 valence electrons. The van der Waals surface area contributed by atoms with E-state index in [1.54, 1.807) is 7.11 Å². The van der Waals surface area contributed by atoms with E-state index in [1.807, 2.05) is 13.8 Å². The Morgan fingerprint density at radius 2 is 2.00 bits per heavy atom. The van der Waals surface area contributed by atoms with Crippen LogP contribution in [0, 0.1) is 5.92 Å². The van der Waals surface area contributed by atoms with Crippen LogP contribution in [0.1, 0.15) is 26.7 Å². The van der Waals surface area contributed by atoms with E-state index in [2.05, 4.69) is 11.3 Å². The molecule has 0 spiro atoms. The summed E-state index contributed by atoms with van der Waals surface area (Å²) in [5, 5.41) is 0. The molecule has 0 unspecified atom stereocenters. The molecule has 0 heterocycles. The third kappa shape index (κ3) is 6.57. The summed E-state index contributed by atoms with van der Waals surface area (Å²) in [5.41, 5.74) is 0.938. The SMILES string of the molecule is C=C(C)[C@H](COC)C[C@H](CC)OC(F)F. The minimum Gasteiger partial charge on any atom is -0.384 e. The number of ether oxygens (including phenoxy) is 2. The van der Waals surface area contributed by atoms with E-state index >= 15 is 0 Å². The van der Waals surface area contributed by atoms with Gasteiger partial charge in [-0.3, -0.25) is 0 Å². The van der Waals surface area contributed by atoms with Crippen LogP contribution in [0.15, 0.2) is 12.2 Å². The third-order valence-corrected chi connectivity index (χ3v) is 2.36. The topological polar surface area (TPSA) is 18.5 Å². The first-order valence-electron chi connectivity index (χ1n) is 5.09. The van der Waals surface area contributed by atoms with Gasteiger partial charge in [0.15, 0.2) is 0 Å². The van der Waals surface area contributed by atoms with Gasteiger partial charge >= 0.3 is 6.61 Å². The van der Waals surface area contributed by atoms with Crippen molar-refractivity contribution in [1.82, 2.24) is 0 Å². The van der Waals surface area contributed by atoms with Gasteiger partial charge in [0.05, 0.1) is 12.7 Å². The van der Waals surface area contributed by atoms with Gasteiger partial charge < -0.3 is 9.47 Å². The molecule has 0 rings (SSSR count). The summed E-state index contributed by atoms with van der Waals surface area (Å²) < 4.78 is 33.6. The second-order valence-corrected chi connectivity index (χ2v) is 3.66. The van der Waals surface area contributed by atoms with Crippen LogP contribution in [0.3, 0.4) is 0 Å². The van der Waals surface area contributed by atoms with Gasteiger partial charge in [-0.2, -0.15) is 8.78 Å². The zero-order valence-electron chi connectivity index (χ0n) is 9.63. The lowest BCUT2D eigenvalue weighted by molar-refractivity contribution is -0.167. The van der Waals surface area contributed by atoms with Crippen LogP contribution in [0.5, 0.6) is 0 Å². The zero-order chi connectivity index (χ0) is 11.8. The molecule has 0 saturated heterocycles. The Bertz CT molecular complexity index is 183. The molecule has 2 nitrogen and oxygen atoms in total. The minimum atomic E-state index is -2.71. The Morgan fingerprint density at radius 1 is 1.40 bits per heavy atom. The Labute approximate surface area is 90.3 Å². The highest BCUT2D eigenvalue weighted by atomic mass is 19.3. The number of halogens is 2. The van der Waals surface area contributed by atoms with E-state index < -0.39 is 12.7 Å². The van der Waals surface area contributed by atoms with E-state index in [0.29, 0.717) is 19.4 Å². The van der Waals surface area contributed by atoms with Crippen molar-refractivity contribution < 1.29 is 18.3 Å². The van der Waals surface area contributed by atoms with Gasteiger partial charge in [-0.1, -0.05) is 19.1 Å². The maximum Gasteiger partial charge on any atom is 0.345 e. The van der Waals surface area contributed by atoms with E-state index in [-0.39, 0.29) is 5.92 Å². The second kappa shape index (κ2) is 7.77. The Balaban J connectivity index is 4.15. The Morgan fingerprint density at radius 3 is 2.33 bits per heavy atom. The molecular weight excluding hydrogens is 202 g/mol. The minimum absolute atomic E-state index is 0.0821. The zero-order valence-corrected chi connectivity index (χ0v) is 9.63. The van der Waals surface area contributed by atoms with Crippen molar-refractivity contribution in [3.63, 3.8) is 0 Å². The first-order valence-corrected chi connectivity index (χ1v) is 5.09. The van der Waals surface area contributed by atoms with Crippen molar-refractivity contribution in [2.45, 2.75) is 39.4 Å². The predicted octanol–water partition coefficient (Wildman–Crippen LogP) is 3.23. The fourth-order valence-electron chi connectivity index (χ4n) is 1.39. The lowest BCUT2D eigenvalue weighted by Gasteiger charge is -2.22. The van der Waals surface area contributed by atoms with Crippen LogP contribution in [-0.4, -0.2) is 26.4 Å². The molecule has 0 aromatic rings. The first-order chi connectivity index (χ1) is 7.01. The number of rotatable bonds is 8. The van der Waals surface area contributed by atoms with Gasteiger partial charge in [-0.15, -0.1) is 0 Å². The van der Waals surface area contributed by atoms with E-state index in [1.165, 1.54) is 0 Å². The highest BCUT2D eigenvalue weighted by Crippen LogP contribution is 2.20. The molecular formula is C11H20F2O2. The van der Waals surface area contributed by atoms with Crippen molar-refractivity contribution in [2.75, 3.05) is 13.7 Å². The van der Waals surface area contributed by atoms with Crippen LogP contribution in [0.4, 0.5) is 8.78 Å². The molecule has 0 saturated carbocycles. The molecule has 0 amide bonds. The molecule has 0 bridgehead atoms. The van der Waals surface area contributed by atoms with Gasteiger partial charge in [-0.05, 0) is 19.8 Å². The fraction of sp³-hybridized carbons (Fsp3) is 0.818. The van der Waals surface area contributed by atoms with Gasteiger partial charge in [0.1, 0.15) is 0 Å². The lowest BCUT2D eigenvalue weighted by Crippen LogP contribution is -2.22. The maximum absolute atomic E-state index is 12.0.